The number of hydrogen-bond donors (Lipinski definition) is 1. The summed E-state index contributed by atoms with van der Waals surface area (Å²) in [6.45, 7) is 6.86. The van der Waals surface area contributed by atoms with Crippen LogP contribution in [0.15, 0.2) is 0 Å². The summed E-state index contributed by atoms with van der Waals surface area (Å²) in [4.78, 5) is 0. The molecule has 1 rings (SSSR count). The molecule has 0 unspecified atom stereocenters. The van der Waals surface area contributed by atoms with Crippen LogP contribution in [0.3, 0.4) is 0 Å². The van der Waals surface area contributed by atoms with E-state index < -0.39 is 0 Å². The summed E-state index contributed by atoms with van der Waals surface area (Å²) in [5.41, 5.74) is 0.380. The molecule has 0 bridgehead atoms. The lowest BCUT2D eigenvalue weighted by molar-refractivity contribution is 0.105. The predicted molar refractivity (Wildman–Crippen MR) is 52.0 cm³/mol. The van der Waals surface area contributed by atoms with Crippen molar-refractivity contribution in [3.05, 3.63) is 0 Å². The lowest BCUT2D eigenvalue weighted by Crippen LogP contribution is -2.23. The summed E-state index contributed by atoms with van der Waals surface area (Å²) in [7, 11) is 0. The third-order valence-electron chi connectivity index (χ3n) is 3.12. The van der Waals surface area contributed by atoms with Crippen LogP contribution in [-0.4, -0.2) is 11.2 Å². The Hall–Kier alpha value is -0.0400. The molecular weight excluding hydrogens is 148 g/mol. The van der Waals surface area contributed by atoms with Crippen LogP contribution >= 0.6 is 0 Å². The van der Waals surface area contributed by atoms with E-state index in [1.807, 2.05) is 0 Å². The van der Waals surface area contributed by atoms with E-state index in [9.17, 15) is 5.11 Å². The second kappa shape index (κ2) is 3.78. The van der Waals surface area contributed by atoms with Gasteiger partial charge in [0.05, 0.1) is 6.10 Å². The Bertz CT molecular complexity index is 134. The molecule has 0 amide bonds. The van der Waals surface area contributed by atoms with E-state index in [1.165, 1.54) is 19.3 Å². The molecule has 2 atom stereocenters. The Labute approximate surface area is 76.2 Å². The van der Waals surface area contributed by atoms with Crippen molar-refractivity contribution in [3.8, 4) is 0 Å². The van der Waals surface area contributed by atoms with Gasteiger partial charge < -0.3 is 5.11 Å². The van der Waals surface area contributed by atoms with Crippen LogP contribution in [0.1, 0.15) is 52.9 Å². The van der Waals surface area contributed by atoms with Gasteiger partial charge in [-0.3, -0.25) is 0 Å². The van der Waals surface area contributed by atoms with Gasteiger partial charge in [-0.25, -0.2) is 0 Å². The number of aliphatic hydroxyl groups is 1. The fourth-order valence-electron chi connectivity index (χ4n) is 2.12. The summed E-state index contributed by atoms with van der Waals surface area (Å²) in [5, 5.41) is 9.62. The van der Waals surface area contributed by atoms with E-state index in [4.69, 9.17) is 0 Å². The Balaban J connectivity index is 2.52. The van der Waals surface area contributed by atoms with Gasteiger partial charge in [0.25, 0.3) is 0 Å². The Morgan fingerprint density at radius 3 is 2.25 bits per heavy atom. The highest BCUT2D eigenvalue weighted by molar-refractivity contribution is 4.79. The van der Waals surface area contributed by atoms with Gasteiger partial charge in [-0.15, -0.1) is 0 Å². The molecule has 0 aromatic carbocycles. The van der Waals surface area contributed by atoms with E-state index in [2.05, 4.69) is 20.8 Å². The Morgan fingerprint density at radius 1 is 1.08 bits per heavy atom. The van der Waals surface area contributed by atoms with Crippen LogP contribution in [0.2, 0.25) is 0 Å². The second-order valence-corrected chi connectivity index (χ2v) is 5.24. The molecule has 72 valence electrons. The fourth-order valence-corrected chi connectivity index (χ4v) is 2.12. The van der Waals surface area contributed by atoms with Crippen LogP contribution in [0, 0.1) is 11.3 Å². The monoisotopic (exact) mass is 170 g/mol. The zero-order valence-electron chi connectivity index (χ0n) is 8.64. The summed E-state index contributed by atoms with van der Waals surface area (Å²) in [5.74, 6) is 0.718. The van der Waals surface area contributed by atoms with Gasteiger partial charge >= 0.3 is 0 Å². The van der Waals surface area contributed by atoms with Crippen LogP contribution in [-0.2, 0) is 0 Å². The molecule has 0 saturated heterocycles. The van der Waals surface area contributed by atoms with Crippen molar-refractivity contribution in [1.82, 2.24) is 0 Å². The minimum atomic E-state index is -0.0308. The molecule has 1 aliphatic carbocycles. The van der Waals surface area contributed by atoms with E-state index in [-0.39, 0.29) is 6.10 Å². The maximum atomic E-state index is 9.62. The van der Waals surface area contributed by atoms with Crippen molar-refractivity contribution in [3.63, 3.8) is 0 Å². The van der Waals surface area contributed by atoms with E-state index in [0.29, 0.717) is 5.41 Å². The number of hydrogen-bond acceptors (Lipinski definition) is 1. The minimum Gasteiger partial charge on any atom is -0.393 e. The summed E-state index contributed by atoms with van der Waals surface area (Å²) in [6.07, 6.45) is 5.83. The Morgan fingerprint density at radius 2 is 1.67 bits per heavy atom. The van der Waals surface area contributed by atoms with Crippen LogP contribution in [0.4, 0.5) is 0 Å². The third-order valence-corrected chi connectivity index (χ3v) is 3.12. The predicted octanol–water partition coefficient (Wildman–Crippen LogP) is 2.97. The maximum absolute atomic E-state index is 9.62. The SMILES string of the molecule is CC(C)(C)[C@H]1CCCC[C@H](O)C1. The third kappa shape index (κ3) is 2.78. The number of aliphatic hydroxyl groups excluding tert-OH is 1. The molecule has 12 heavy (non-hydrogen) atoms. The first-order valence-corrected chi connectivity index (χ1v) is 5.18. The molecule has 0 aromatic rings. The van der Waals surface area contributed by atoms with Crippen molar-refractivity contribution in [2.75, 3.05) is 0 Å². The molecule has 0 aliphatic heterocycles. The van der Waals surface area contributed by atoms with E-state index in [1.54, 1.807) is 0 Å². The second-order valence-electron chi connectivity index (χ2n) is 5.24. The maximum Gasteiger partial charge on any atom is 0.0543 e. The highest BCUT2D eigenvalue weighted by Gasteiger charge is 2.28. The average Bonchev–Trinajstić information content (AvgIpc) is 2.11. The van der Waals surface area contributed by atoms with Gasteiger partial charge in [0.2, 0.25) is 0 Å². The molecule has 1 saturated carbocycles. The first-order chi connectivity index (χ1) is 5.50. The number of rotatable bonds is 0. The fraction of sp³-hybridized carbons (Fsp3) is 1.00. The minimum absolute atomic E-state index is 0.0308. The zero-order chi connectivity index (χ0) is 9.19. The quantitative estimate of drug-likeness (QED) is 0.554. The largest absolute Gasteiger partial charge is 0.393 e. The molecule has 0 radical (unpaired) electrons. The average molecular weight is 170 g/mol. The van der Waals surface area contributed by atoms with Crippen molar-refractivity contribution < 1.29 is 5.11 Å². The summed E-state index contributed by atoms with van der Waals surface area (Å²) >= 11 is 0. The molecular formula is C11H22O. The zero-order valence-corrected chi connectivity index (χ0v) is 8.64. The van der Waals surface area contributed by atoms with E-state index >= 15 is 0 Å². The highest BCUT2D eigenvalue weighted by Crippen LogP contribution is 2.36. The van der Waals surface area contributed by atoms with Gasteiger partial charge in [0.15, 0.2) is 0 Å². The standard InChI is InChI=1S/C11H22O/c1-11(2,3)9-6-4-5-7-10(12)8-9/h9-10,12H,4-8H2,1-3H3/t9-,10-/m0/s1. The van der Waals surface area contributed by atoms with Crippen LogP contribution in [0.25, 0.3) is 0 Å². The Kier molecular flexibility index (Phi) is 3.16. The smallest absolute Gasteiger partial charge is 0.0543 e. The highest BCUT2D eigenvalue weighted by atomic mass is 16.3. The molecule has 1 fully saturated rings. The molecule has 1 N–H and O–H groups in total. The van der Waals surface area contributed by atoms with Crippen molar-refractivity contribution in [2.45, 2.75) is 59.0 Å². The van der Waals surface area contributed by atoms with E-state index in [0.717, 1.165) is 18.8 Å². The van der Waals surface area contributed by atoms with Gasteiger partial charge in [-0.05, 0) is 30.6 Å². The van der Waals surface area contributed by atoms with Gasteiger partial charge in [0.1, 0.15) is 0 Å². The van der Waals surface area contributed by atoms with Crippen LogP contribution in [0.5, 0.6) is 0 Å². The molecule has 0 heterocycles. The first kappa shape index (κ1) is 10.0. The normalized spacial score (nSPS) is 33.0. The summed E-state index contributed by atoms with van der Waals surface area (Å²) < 4.78 is 0. The van der Waals surface area contributed by atoms with Crippen molar-refractivity contribution in [1.29, 1.82) is 0 Å². The molecule has 1 nitrogen and oxygen atoms in total. The van der Waals surface area contributed by atoms with Crippen molar-refractivity contribution >= 4 is 0 Å². The lowest BCUT2D eigenvalue weighted by Gasteiger charge is -2.30. The lowest BCUT2D eigenvalue weighted by atomic mass is 9.76. The van der Waals surface area contributed by atoms with Crippen LogP contribution < -0.4 is 0 Å². The summed E-state index contributed by atoms with van der Waals surface area (Å²) in [6, 6.07) is 0. The molecule has 0 spiro atoms. The van der Waals surface area contributed by atoms with Gasteiger partial charge in [-0.1, -0.05) is 33.6 Å². The van der Waals surface area contributed by atoms with Crippen molar-refractivity contribution in [2.24, 2.45) is 11.3 Å². The van der Waals surface area contributed by atoms with Gasteiger partial charge in [-0.2, -0.15) is 0 Å². The first-order valence-electron chi connectivity index (χ1n) is 5.18. The van der Waals surface area contributed by atoms with Gasteiger partial charge in [0, 0.05) is 0 Å². The molecule has 1 aliphatic rings. The topological polar surface area (TPSA) is 20.2 Å². The molecule has 1 heteroatoms. The molecule has 0 aromatic heterocycles.